The predicted octanol–water partition coefficient (Wildman–Crippen LogP) is 4.28. The summed E-state index contributed by atoms with van der Waals surface area (Å²) in [6.45, 7) is 5.94. The van der Waals surface area contributed by atoms with Gasteiger partial charge in [0.15, 0.2) is 0 Å². The molecule has 0 radical (unpaired) electrons. The average Bonchev–Trinajstić information content (AvgIpc) is 3.18. The fourth-order valence-corrected chi connectivity index (χ4v) is 3.81. The molecule has 1 saturated heterocycles. The van der Waals surface area contributed by atoms with E-state index in [1.165, 1.54) is 22.3 Å². The van der Waals surface area contributed by atoms with Crippen LogP contribution in [-0.4, -0.2) is 34.2 Å². The lowest BCUT2D eigenvalue weighted by Crippen LogP contribution is -2.41. The highest BCUT2D eigenvalue weighted by Gasteiger charge is 2.19. The molecular weight excluding hydrogens is 351 g/mol. The van der Waals surface area contributed by atoms with Gasteiger partial charge in [-0.05, 0) is 56.1 Å². The van der Waals surface area contributed by atoms with Crippen LogP contribution in [0.25, 0.3) is 11.3 Å². The van der Waals surface area contributed by atoms with Crippen molar-refractivity contribution in [3.8, 4) is 11.3 Å². The summed E-state index contributed by atoms with van der Waals surface area (Å²) >= 11 is 0. The molecule has 4 nitrogen and oxygen atoms in total. The highest BCUT2D eigenvalue weighted by molar-refractivity contribution is 5.62. The summed E-state index contributed by atoms with van der Waals surface area (Å²) in [6.07, 6.45) is 4.17. The SMILES string of the molecule is Cc1ccc(-c2[nH]ncc2CNC2CCN(Cc3ccc(F)cc3)CC2)cc1. The number of nitrogens with one attached hydrogen (secondary N) is 2. The number of rotatable bonds is 6. The molecule has 0 spiro atoms. The summed E-state index contributed by atoms with van der Waals surface area (Å²) in [4.78, 5) is 2.45. The largest absolute Gasteiger partial charge is 0.310 e. The second kappa shape index (κ2) is 8.67. The van der Waals surface area contributed by atoms with Crippen LogP contribution in [0, 0.1) is 12.7 Å². The number of H-pyrrole nitrogens is 1. The minimum Gasteiger partial charge on any atom is -0.310 e. The molecule has 0 aliphatic carbocycles. The molecule has 146 valence electrons. The minimum atomic E-state index is -0.170. The number of piperidine rings is 1. The molecule has 2 aromatic carbocycles. The summed E-state index contributed by atoms with van der Waals surface area (Å²) in [6, 6.07) is 15.9. The van der Waals surface area contributed by atoms with Crippen molar-refractivity contribution in [2.45, 2.75) is 38.9 Å². The first-order valence-corrected chi connectivity index (χ1v) is 9.97. The second-order valence-electron chi connectivity index (χ2n) is 7.69. The van der Waals surface area contributed by atoms with Crippen LogP contribution in [0.1, 0.15) is 29.5 Å². The van der Waals surface area contributed by atoms with Crippen molar-refractivity contribution >= 4 is 0 Å². The third-order valence-electron chi connectivity index (χ3n) is 5.55. The maximum Gasteiger partial charge on any atom is 0.123 e. The average molecular weight is 378 g/mol. The molecule has 5 heteroatoms. The Kier molecular flexibility index (Phi) is 5.84. The van der Waals surface area contributed by atoms with Gasteiger partial charge in [-0.25, -0.2) is 4.39 Å². The summed E-state index contributed by atoms with van der Waals surface area (Å²) in [5.74, 6) is -0.170. The molecule has 0 bridgehead atoms. The first-order chi connectivity index (χ1) is 13.7. The van der Waals surface area contributed by atoms with E-state index in [0.29, 0.717) is 6.04 Å². The molecule has 0 amide bonds. The van der Waals surface area contributed by atoms with Crippen molar-refractivity contribution in [2.24, 2.45) is 0 Å². The van der Waals surface area contributed by atoms with Crippen LogP contribution in [0.4, 0.5) is 4.39 Å². The molecule has 1 aliphatic rings. The third-order valence-corrected chi connectivity index (χ3v) is 5.55. The van der Waals surface area contributed by atoms with E-state index in [1.54, 1.807) is 12.1 Å². The summed E-state index contributed by atoms with van der Waals surface area (Å²) in [7, 11) is 0. The van der Waals surface area contributed by atoms with Gasteiger partial charge in [0.25, 0.3) is 0 Å². The number of hydrogen-bond acceptors (Lipinski definition) is 3. The van der Waals surface area contributed by atoms with Crippen molar-refractivity contribution in [3.05, 3.63) is 77.2 Å². The number of aryl methyl sites for hydroxylation is 1. The van der Waals surface area contributed by atoms with E-state index in [2.05, 4.69) is 51.6 Å². The lowest BCUT2D eigenvalue weighted by Gasteiger charge is -2.32. The van der Waals surface area contributed by atoms with Gasteiger partial charge in [0.1, 0.15) is 5.82 Å². The zero-order valence-corrected chi connectivity index (χ0v) is 16.3. The Balaban J connectivity index is 1.27. The van der Waals surface area contributed by atoms with E-state index in [4.69, 9.17) is 0 Å². The van der Waals surface area contributed by atoms with Gasteiger partial charge in [0.05, 0.1) is 11.9 Å². The van der Waals surface area contributed by atoms with E-state index in [1.807, 2.05) is 18.3 Å². The standard InChI is InChI=1S/C23H27FN4/c1-17-2-6-19(7-3-17)23-20(15-26-27-23)14-25-22-10-12-28(13-11-22)16-18-4-8-21(24)9-5-18/h2-9,15,22,25H,10-14,16H2,1H3,(H,26,27). The lowest BCUT2D eigenvalue weighted by molar-refractivity contribution is 0.190. The Morgan fingerprint density at radius 3 is 2.50 bits per heavy atom. The molecule has 2 heterocycles. The maximum absolute atomic E-state index is 13.0. The van der Waals surface area contributed by atoms with Crippen LogP contribution in [0.3, 0.4) is 0 Å². The van der Waals surface area contributed by atoms with E-state index >= 15 is 0 Å². The lowest BCUT2D eigenvalue weighted by atomic mass is 10.0. The Hall–Kier alpha value is -2.50. The fourth-order valence-electron chi connectivity index (χ4n) is 3.81. The van der Waals surface area contributed by atoms with Crippen molar-refractivity contribution in [2.75, 3.05) is 13.1 Å². The molecule has 2 N–H and O–H groups in total. The van der Waals surface area contributed by atoms with Gasteiger partial charge in [-0.2, -0.15) is 5.10 Å². The number of hydrogen-bond donors (Lipinski definition) is 2. The van der Waals surface area contributed by atoms with E-state index in [0.717, 1.165) is 44.7 Å². The zero-order valence-electron chi connectivity index (χ0n) is 16.3. The number of likely N-dealkylation sites (tertiary alicyclic amines) is 1. The number of halogens is 1. The van der Waals surface area contributed by atoms with Gasteiger partial charge in [0.2, 0.25) is 0 Å². The Morgan fingerprint density at radius 2 is 1.79 bits per heavy atom. The van der Waals surface area contributed by atoms with Crippen LogP contribution >= 0.6 is 0 Å². The van der Waals surface area contributed by atoms with E-state index in [9.17, 15) is 4.39 Å². The van der Waals surface area contributed by atoms with Crippen LogP contribution in [0.15, 0.2) is 54.7 Å². The maximum atomic E-state index is 13.0. The Bertz CT molecular complexity index is 878. The number of aromatic amines is 1. The van der Waals surface area contributed by atoms with Crippen molar-refractivity contribution < 1.29 is 4.39 Å². The Morgan fingerprint density at radius 1 is 1.07 bits per heavy atom. The zero-order chi connectivity index (χ0) is 19.3. The molecule has 1 fully saturated rings. The quantitative estimate of drug-likeness (QED) is 0.673. The fraction of sp³-hybridized carbons (Fsp3) is 0.348. The van der Waals surface area contributed by atoms with Gasteiger partial charge in [-0.1, -0.05) is 42.0 Å². The van der Waals surface area contributed by atoms with E-state index in [-0.39, 0.29) is 5.82 Å². The molecule has 1 aromatic heterocycles. The molecule has 28 heavy (non-hydrogen) atoms. The second-order valence-corrected chi connectivity index (χ2v) is 7.69. The smallest absolute Gasteiger partial charge is 0.123 e. The minimum absolute atomic E-state index is 0.170. The summed E-state index contributed by atoms with van der Waals surface area (Å²) in [5.41, 5.74) is 5.91. The van der Waals surface area contributed by atoms with Gasteiger partial charge < -0.3 is 5.32 Å². The first-order valence-electron chi connectivity index (χ1n) is 9.97. The molecule has 4 rings (SSSR count). The van der Waals surface area contributed by atoms with E-state index < -0.39 is 0 Å². The summed E-state index contributed by atoms with van der Waals surface area (Å²) < 4.78 is 13.0. The highest BCUT2D eigenvalue weighted by atomic mass is 19.1. The van der Waals surface area contributed by atoms with Crippen LogP contribution in [0.2, 0.25) is 0 Å². The van der Waals surface area contributed by atoms with Crippen molar-refractivity contribution in [1.82, 2.24) is 20.4 Å². The number of nitrogens with zero attached hydrogens (tertiary/aromatic N) is 2. The molecule has 1 aliphatic heterocycles. The van der Waals surface area contributed by atoms with Crippen LogP contribution < -0.4 is 5.32 Å². The third kappa shape index (κ3) is 4.66. The molecular formula is C23H27FN4. The molecule has 0 unspecified atom stereocenters. The molecule has 3 aromatic rings. The monoisotopic (exact) mass is 378 g/mol. The predicted molar refractivity (Wildman–Crippen MR) is 110 cm³/mol. The van der Waals surface area contributed by atoms with Gasteiger partial charge in [0, 0.05) is 24.7 Å². The normalized spacial score (nSPS) is 15.8. The van der Waals surface area contributed by atoms with Crippen LogP contribution in [0.5, 0.6) is 0 Å². The van der Waals surface area contributed by atoms with Crippen molar-refractivity contribution in [1.29, 1.82) is 0 Å². The van der Waals surface area contributed by atoms with Crippen molar-refractivity contribution in [3.63, 3.8) is 0 Å². The van der Waals surface area contributed by atoms with Gasteiger partial charge in [-0.15, -0.1) is 0 Å². The number of aromatic nitrogens is 2. The molecule has 0 atom stereocenters. The highest BCUT2D eigenvalue weighted by Crippen LogP contribution is 2.22. The molecule has 0 saturated carbocycles. The van der Waals surface area contributed by atoms with Gasteiger partial charge >= 0.3 is 0 Å². The van der Waals surface area contributed by atoms with Gasteiger partial charge in [-0.3, -0.25) is 10.00 Å². The topological polar surface area (TPSA) is 44.0 Å². The number of benzene rings is 2. The van der Waals surface area contributed by atoms with Crippen LogP contribution in [-0.2, 0) is 13.1 Å². The Labute approximate surface area is 165 Å². The first kappa shape index (κ1) is 18.8. The summed E-state index contributed by atoms with van der Waals surface area (Å²) in [5, 5.41) is 11.1.